The zero-order chi connectivity index (χ0) is 12.3. The number of aliphatic carboxylic acids is 1. The molecule has 0 aromatic heterocycles. The monoisotopic (exact) mass is 240 g/mol. The van der Waals surface area contributed by atoms with Gasteiger partial charge in [0.2, 0.25) is 0 Å². The summed E-state index contributed by atoms with van der Waals surface area (Å²) in [6.45, 7) is 6.43. The molecule has 1 aliphatic heterocycles. The molecule has 98 valence electrons. The van der Waals surface area contributed by atoms with Crippen LogP contribution in [0.1, 0.15) is 32.6 Å². The van der Waals surface area contributed by atoms with E-state index >= 15 is 0 Å². The van der Waals surface area contributed by atoms with Gasteiger partial charge in [0.1, 0.15) is 0 Å². The lowest BCUT2D eigenvalue weighted by atomic mass is 9.98. The Hall–Kier alpha value is -0.610. The van der Waals surface area contributed by atoms with E-state index in [1.54, 1.807) is 0 Å². The molecule has 0 amide bonds. The Labute approximate surface area is 104 Å². The molecule has 0 bridgehead atoms. The van der Waals surface area contributed by atoms with Crippen LogP contribution in [0.4, 0.5) is 0 Å². The molecular weight excluding hydrogens is 216 g/mol. The predicted octanol–water partition coefficient (Wildman–Crippen LogP) is 1.27. The summed E-state index contributed by atoms with van der Waals surface area (Å²) < 4.78 is 0. The molecule has 1 saturated heterocycles. The highest BCUT2D eigenvalue weighted by Crippen LogP contribution is 2.32. The molecule has 2 aliphatic rings. The fourth-order valence-electron chi connectivity index (χ4n) is 3.42. The van der Waals surface area contributed by atoms with E-state index in [0.29, 0.717) is 0 Å². The average Bonchev–Trinajstić information content (AvgIpc) is 2.77. The molecule has 4 heteroatoms. The minimum Gasteiger partial charge on any atom is -0.480 e. The van der Waals surface area contributed by atoms with E-state index in [-0.39, 0.29) is 6.54 Å². The first-order chi connectivity index (χ1) is 8.20. The normalized spacial score (nSPS) is 31.8. The summed E-state index contributed by atoms with van der Waals surface area (Å²) in [4.78, 5) is 15.3. The average molecular weight is 240 g/mol. The van der Waals surface area contributed by atoms with Gasteiger partial charge in [-0.15, -0.1) is 0 Å². The van der Waals surface area contributed by atoms with Gasteiger partial charge in [0.15, 0.2) is 0 Å². The molecule has 0 radical (unpaired) electrons. The van der Waals surface area contributed by atoms with E-state index < -0.39 is 5.97 Å². The van der Waals surface area contributed by atoms with Crippen LogP contribution in [0.3, 0.4) is 0 Å². The SMILES string of the molecule is CCC1CCCC1N1CCN(CC(=O)O)CC1. The summed E-state index contributed by atoms with van der Waals surface area (Å²) >= 11 is 0. The summed E-state index contributed by atoms with van der Waals surface area (Å²) in [6, 6.07) is 0.770. The topological polar surface area (TPSA) is 43.8 Å². The van der Waals surface area contributed by atoms with Crippen molar-refractivity contribution in [2.24, 2.45) is 5.92 Å². The van der Waals surface area contributed by atoms with Gasteiger partial charge in [0, 0.05) is 32.2 Å². The van der Waals surface area contributed by atoms with E-state index in [1.807, 2.05) is 0 Å². The molecule has 17 heavy (non-hydrogen) atoms. The second kappa shape index (κ2) is 5.83. The Morgan fingerprint density at radius 2 is 1.94 bits per heavy atom. The standard InChI is InChI=1S/C13H24N2O2/c1-2-11-4-3-5-12(11)15-8-6-14(7-9-15)10-13(16)17/h11-12H,2-10H2,1H3,(H,16,17). The van der Waals surface area contributed by atoms with E-state index in [4.69, 9.17) is 5.11 Å². The third-order valence-electron chi connectivity index (χ3n) is 4.38. The molecule has 4 nitrogen and oxygen atoms in total. The Bertz CT molecular complexity index is 262. The fraction of sp³-hybridized carbons (Fsp3) is 0.923. The van der Waals surface area contributed by atoms with Crippen molar-refractivity contribution in [1.82, 2.24) is 9.80 Å². The molecule has 2 atom stereocenters. The fourth-order valence-corrected chi connectivity index (χ4v) is 3.42. The third kappa shape index (κ3) is 3.19. The lowest BCUT2D eigenvalue weighted by Crippen LogP contribution is -2.52. The Kier molecular flexibility index (Phi) is 4.40. The van der Waals surface area contributed by atoms with Gasteiger partial charge in [-0.2, -0.15) is 0 Å². The minimum atomic E-state index is -0.703. The second-order valence-electron chi connectivity index (χ2n) is 5.37. The van der Waals surface area contributed by atoms with Crippen molar-refractivity contribution in [3.8, 4) is 0 Å². The highest BCUT2D eigenvalue weighted by molar-refractivity contribution is 5.69. The van der Waals surface area contributed by atoms with E-state index in [0.717, 1.165) is 38.1 Å². The van der Waals surface area contributed by atoms with Crippen LogP contribution in [0.15, 0.2) is 0 Å². The summed E-state index contributed by atoms with van der Waals surface area (Å²) in [5, 5.41) is 8.77. The molecule has 0 aromatic carbocycles. The van der Waals surface area contributed by atoms with Crippen LogP contribution in [0, 0.1) is 5.92 Å². The van der Waals surface area contributed by atoms with Crippen molar-refractivity contribution in [2.75, 3.05) is 32.7 Å². The summed E-state index contributed by atoms with van der Waals surface area (Å²) in [5.41, 5.74) is 0. The predicted molar refractivity (Wildman–Crippen MR) is 67.1 cm³/mol. The molecule has 1 N–H and O–H groups in total. The van der Waals surface area contributed by atoms with Gasteiger partial charge in [-0.1, -0.05) is 19.8 Å². The maximum atomic E-state index is 10.6. The first-order valence-corrected chi connectivity index (χ1v) is 6.89. The lowest BCUT2D eigenvalue weighted by molar-refractivity contribution is -0.138. The molecule has 0 spiro atoms. The van der Waals surface area contributed by atoms with Gasteiger partial charge in [0.05, 0.1) is 6.54 Å². The zero-order valence-corrected chi connectivity index (χ0v) is 10.8. The smallest absolute Gasteiger partial charge is 0.317 e. The Morgan fingerprint density at radius 3 is 2.53 bits per heavy atom. The lowest BCUT2D eigenvalue weighted by Gasteiger charge is -2.39. The van der Waals surface area contributed by atoms with Gasteiger partial charge in [0.25, 0.3) is 0 Å². The van der Waals surface area contributed by atoms with Crippen LogP contribution < -0.4 is 0 Å². The van der Waals surface area contributed by atoms with Crippen LogP contribution in [-0.2, 0) is 4.79 Å². The zero-order valence-electron chi connectivity index (χ0n) is 10.8. The molecule has 2 unspecified atom stereocenters. The quantitative estimate of drug-likeness (QED) is 0.803. The first-order valence-electron chi connectivity index (χ1n) is 6.89. The molecule has 1 saturated carbocycles. The van der Waals surface area contributed by atoms with Gasteiger partial charge in [-0.3, -0.25) is 14.6 Å². The van der Waals surface area contributed by atoms with Crippen LogP contribution in [-0.4, -0.2) is 59.6 Å². The molecule has 2 fully saturated rings. The number of nitrogens with zero attached hydrogens (tertiary/aromatic N) is 2. The number of hydrogen-bond donors (Lipinski definition) is 1. The van der Waals surface area contributed by atoms with Crippen LogP contribution in [0.25, 0.3) is 0 Å². The van der Waals surface area contributed by atoms with Crippen molar-refractivity contribution >= 4 is 5.97 Å². The van der Waals surface area contributed by atoms with Crippen LogP contribution >= 0.6 is 0 Å². The van der Waals surface area contributed by atoms with Crippen molar-refractivity contribution in [2.45, 2.75) is 38.6 Å². The third-order valence-corrected chi connectivity index (χ3v) is 4.38. The number of carbonyl (C=O) groups is 1. The summed E-state index contributed by atoms with van der Waals surface area (Å²) in [7, 11) is 0. The van der Waals surface area contributed by atoms with Crippen molar-refractivity contribution in [1.29, 1.82) is 0 Å². The van der Waals surface area contributed by atoms with Gasteiger partial charge in [-0.05, 0) is 18.8 Å². The first kappa shape index (κ1) is 12.8. The molecule has 2 rings (SSSR count). The number of hydrogen-bond acceptors (Lipinski definition) is 3. The summed E-state index contributed by atoms with van der Waals surface area (Å²) in [5.74, 6) is 0.173. The number of piperazine rings is 1. The highest BCUT2D eigenvalue weighted by atomic mass is 16.4. The molecule has 1 aliphatic carbocycles. The Morgan fingerprint density at radius 1 is 1.24 bits per heavy atom. The minimum absolute atomic E-state index is 0.204. The van der Waals surface area contributed by atoms with Crippen molar-refractivity contribution < 1.29 is 9.90 Å². The Balaban J connectivity index is 1.80. The van der Waals surface area contributed by atoms with Crippen molar-refractivity contribution in [3.05, 3.63) is 0 Å². The molecular formula is C13H24N2O2. The number of carboxylic acid groups (broad SMARTS) is 1. The van der Waals surface area contributed by atoms with Gasteiger partial charge in [-0.25, -0.2) is 0 Å². The van der Waals surface area contributed by atoms with E-state index in [2.05, 4.69) is 16.7 Å². The van der Waals surface area contributed by atoms with Crippen LogP contribution in [0.5, 0.6) is 0 Å². The molecule has 0 aromatic rings. The number of rotatable bonds is 4. The van der Waals surface area contributed by atoms with Gasteiger partial charge < -0.3 is 5.11 Å². The maximum absolute atomic E-state index is 10.6. The largest absolute Gasteiger partial charge is 0.480 e. The summed E-state index contributed by atoms with van der Waals surface area (Å²) in [6.07, 6.45) is 5.40. The maximum Gasteiger partial charge on any atom is 0.317 e. The highest BCUT2D eigenvalue weighted by Gasteiger charge is 2.32. The van der Waals surface area contributed by atoms with E-state index in [9.17, 15) is 4.79 Å². The number of carboxylic acids is 1. The van der Waals surface area contributed by atoms with E-state index in [1.165, 1.54) is 25.7 Å². The van der Waals surface area contributed by atoms with Crippen LogP contribution in [0.2, 0.25) is 0 Å². The van der Waals surface area contributed by atoms with Gasteiger partial charge >= 0.3 is 5.97 Å². The second-order valence-corrected chi connectivity index (χ2v) is 5.37. The molecule has 1 heterocycles. The van der Waals surface area contributed by atoms with Crippen molar-refractivity contribution in [3.63, 3.8) is 0 Å².